The Morgan fingerprint density at radius 3 is 2.19 bits per heavy atom. The Bertz CT molecular complexity index is 672. The SMILES string of the molecule is Cc1cc(C)c(NC(=O)Oc2ccc(C)cc2I)c(C)c1. The molecule has 0 saturated carbocycles. The molecule has 3 nitrogen and oxygen atoms in total. The summed E-state index contributed by atoms with van der Waals surface area (Å²) in [5, 5.41) is 2.83. The first kappa shape index (κ1) is 15.8. The van der Waals surface area contributed by atoms with Gasteiger partial charge in [0.1, 0.15) is 5.75 Å². The molecule has 21 heavy (non-hydrogen) atoms. The van der Waals surface area contributed by atoms with E-state index in [1.54, 1.807) is 0 Å². The molecule has 0 aliphatic rings. The molecule has 4 heteroatoms. The summed E-state index contributed by atoms with van der Waals surface area (Å²) in [6, 6.07) is 9.79. The monoisotopic (exact) mass is 395 g/mol. The molecule has 0 fully saturated rings. The third kappa shape index (κ3) is 3.97. The molecule has 0 aliphatic carbocycles. The van der Waals surface area contributed by atoms with E-state index in [-0.39, 0.29) is 0 Å². The van der Waals surface area contributed by atoms with Gasteiger partial charge < -0.3 is 4.74 Å². The summed E-state index contributed by atoms with van der Waals surface area (Å²) in [5.41, 5.74) is 5.19. The maximum atomic E-state index is 12.1. The van der Waals surface area contributed by atoms with Gasteiger partial charge >= 0.3 is 6.09 Å². The third-order valence-corrected chi connectivity index (χ3v) is 4.04. The lowest BCUT2D eigenvalue weighted by molar-refractivity contribution is 0.215. The number of benzene rings is 2. The number of ether oxygens (including phenoxy) is 1. The Balaban J connectivity index is 2.16. The van der Waals surface area contributed by atoms with Crippen LogP contribution in [0.3, 0.4) is 0 Å². The van der Waals surface area contributed by atoms with Gasteiger partial charge in [0.05, 0.1) is 3.57 Å². The first-order chi connectivity index (χ1) is 9.86. The second kappa shape index (κ2) is 6.47. The van der Waals surface area contributed by atoms with Gasteiger partial charge in [0.2, 0.25) is 0 Å². The van der Waals surface area contributed by atoms with Crippen molar-refractivity contribution in [2.45, 2.75) is 27.7 Å². The highest BCUT2D eigenvalue weighted by Crippen LogP contribution is 2.24. The van der Waals surface area contributed by atoms with Crippen molar-refractivity contribution in [2.75, 3.05) is 5.32 Å². The normalized spacial score (nSPS) is 10.3. The van der Waals surface area contributed by atoms with Gasteiger partial charge in [-0.2, -0.15) is 0 Å². The molecule has 0 heterocycles. The van der Waals surface area contributed by atoms with E-state index in [0.29, 0.717) is 5.75 Å². The van der Waals surface area contributed by atoms with Crippen LogP contribution in [0.4, 0.5) is 10.5 Å². The number of carbonyl (C=O) groups excluding carboxylic acids is 1. The van der Waals surface area contributed by atoms with E-state index in [0.717, 1.165) is 25.9 Å². The van der Waals surface area contributed by atoms with Gasteiger partial charge in [-0.15, -0.1) is 0 Å². The molecule has 0 bridgehead atoms. The van der Waals surface area contributed by atoms with Crippen LogP contribution in [0, 0.1) is 31.3 Å². The van der Waals surface area contributed by atoms with Crippen LogP contribution in [0.15, 0.2) is 30.3 Å². The molecule has 0 spiro atoms. The first-order valence-corrected chi connectivity index (χ1v) is 7.77. The van der Waals surface area contributed by atoms with Crippen LogP contribution >= 0.6 is 22.6 Å². The second-order valence-electron chi connectivity index (χ2n) is 5.22. The molecule has 0 atom stereocenters. The van der Waals surface area contributed by atoms with Crippen molar-refractivity contribution >= 4 is 34.4 Å². The molecule has 0 saturated heterocycles. The summed E-state index contributed by atoms with van der Waals surface area (Å²) in [4.78, 5) is 12.1. The summed E-state index contributed by atoms with van der Waals surface area (Å²) >= 11 is 2.16. The smallest absolute Gasteiger partial charge is 0.409 e. The Labute approximate surface area is 138 Å². The zero-order chi connectivity index (χ0) is 15.6. The van der Waals surface area contributed by atoms with Crippen LogP contribution < -0.4 is 10.1 Å². The average Bonchev–Trinajstić information content (AvgIpc) is 2.37. The van der Waals surface area contributed by atoms with E-state index in [1.165, 1.54) is 5.56 Å². The molecule has 1 amide bonds. The maximum absolute atomic E-state index is 12.1. The highest BCUT2D eigenvalue weighted by molar-refractivity contribution is 14.1. The minimum absolute atomic E-state index is 0.466. The Morgan fingerprint density at radius 2 is 1.62 bits per heavy atom. The number of aryl methyl sites for hydroxylation is 4. The molecule has 2 aromatic rings. The number of hydrogen-bond donors (Lipinski definition) is 1. The number of hydrogen-bond acceptors (Lipinski definition) is 2. The number of halogens is 1. The standard InChI is InChI=1S/C17H18INO2/c1-10-5-6-15(14(18)9-10)21-17(20)19-16-12(3)7-11(2)8-13(16)4/h5-9H,1-4H3,(H,19,20). The maximum Gasteiger partial charge on any atom is 0.417 e. The average molecular weight is 395 g/mol. The van der Waals surface area contributed by atoms with Gasteiger partial charge in [-0.1, -0.05) is 23.8 Å². The summed E-state index contributed by atoms with van der Waals surface area (Å²) in [7, 11) is 0. The molecule has 0 unspecified atom stereocenters. The molecular weight excluding hydrogens is 377 g/mol. The molecule has 2 rings (SSSR count). The lowest BCUT2D eigenvalue weighted by atomic mass is 10.1. The summed E-state index contributed by atoms with van der Waals surface area (Å²) in [6.45, 7) is 8.00. The van der Waals surface area contributed by atoms with E-state index < -0.39 is 6.09 Å². The third-order valence-electron chi connectivity index (χ3n) is 3.19. The predicted octanol–water partition coefficient (Wildman–Crippen LogP) is 5.14. The van der Waals surface area contributed by atoms with Crippen LogP contribution in [0.5, 0.6) is 5.75 Å². The van der Waals surface area contributed by atoms with Gasteiger partial charge in [-0.25, -0.2) is 4.79 Å². The fourth-order valence-corrected chi connectivity index (χ4v) is 3.07. The zero-order valence-electron chi connectivity index (χ0n) is 12.6. The van der Waals surface area contributed by atoms with Crippen molar-refractivity contribution in [3.8, 4) is 5.75 Å². The minimum Gasteiger partial charge on any atom is -0.409 e. The zero-order valence-corrected chi connectivity index (χ0v) is 14.7. The van der Waals surface area contributed by atoms with Gasteiger partial charge in [-0.05, 0) is 79.1 Å². The molecule has 0 aromatic heterocycles. The fraction of sp³-hybridized carbons (Fsp3) is 0.235. The fourth-order valence-electron chi connectivity index (χ4n) is 2.29. The van der Waals surface area contributed by atoms with E-state index >= 15 is 0 Å². The van der Waals surface area contributed by atoms with Crippen LogP contribution in [0.1, 0.15) is 22.3 Å². The number of carbonyl (C=O) groups is 1. The van der Waals surface area contributed by atoms with Crippen LogP contribution in [-0.4, -0.2) is 6.09 Å². The van der Waals surface area contributed by atoms with E-state index in [4.69, 9.17) is 4.74 Å². The van der Waals surface area contributed by atoms with Crippen molar-refractivity contribution in [2.24, 2.45) is 0 Å². The summed E-state index contributed by atoms with van der Waals surface area (Å²) in [6.07, 6.45) is -0.466. The van der Waals surface area contributed by atoms with Gasteiger partial charge in [0.15, 0.2) is 0 Å². The minimum atomic E-state index is -0.466. The number of anilines is 1. The predicted molar refractivity (Wildman–Crippen MR) is 94.2 cm³/mol. The van der Waals surface area contributed by atoms with E-state index in [2.05, 4.69) is 27.9 Å². The highest BCUT2D eigenvalue weighted by atomic mass is 127. The van der Waals surface area contributed by atoms with Crippen molar-refractivity contribution in [3.05, 3.63) is 56.2 Å². The highest BCUT2D eigenvalue weighted by Gasteiger charge is 2.11. The largest absolute Gasteiger partial charge is 0.417 e. The number of amides is 1. The first-order valence-electron chi connectivity index (χ1n) is 6.69. The van der Waals surface area contributed by atoms with E-state index in [1.807, 2.05) is 58.0 Å². The van der Waals surface area contributed by atoms with Crippen LogP contribution in [-0.2, 0) is 0 Å². The van der Waals surface area contributed by atoms with Crippen LogP contribution in [0.2, 0.25) is 0 Å². The molecule has 0 aliphatic heterocycles. The van der Waals surface area contributed by atoms with Crippen molar-refractivity contribution in [3.63, 3.8) is 0 Å². The second-order valence-corrected chi connectivity index (χ2v) is 6.38. The molecule has 0 radical (unpaired) electrons. The van der Waals surface area contributed by atoms with Crippen molar-refractivity contribution < 1.29 is 9.53 Å². The number of rotatable bonds is 2. The van der Waals surface area contributed by atoms with E-state index in [9.17, 15) is 4.79 Å². The lowest BCUT2D eigenvalue weighted by Crippen LogP contribution is -2.18. The molecule has 2 aromatic carbocycles. The Kier molecular flexibility index (Phi) is 4.88. The van der Waals surface area contributed by atoms with Crippen molar-refractivity contribution in [1.29, 1.82) is 0 Å². The van der Waals surface area contributed by atoms with Gasteiger partial charge in [-0.3, -0.25) is 5.32 Å². The van der Waals surface area contributed by atoms with Crippen LogP contribution in [0.25, 0.3) is 0 Å². The Morgan fingerprint density at radius 1 is 1.00 bits per heavy atom. The van der Waals surface area contributed by atoms with Gasteiger partial charge in [0.25, 0.3) is 0 Å². The summed E-state index contributed by atoms with van der Waals surface area (Å²) in [5.74, 6) is 0.570. The number of nitrogens with one attached hydrogen (secondary N) is 1. The lowest BCUT2D eigenvalue weighted by Gasteiger charge is -2.13. The molecule has 110 valence electrons. The topological polar surface area (TPSA) is 38.3 Å². The quantitative estimate of drug-likeness (QED) is 0.716. The molecule has 1 N–H and O–H groups in total. The molecular formula is C17H18INO2. The van der Waals surface area contributed by atoms with Crippen molar-refractivity contribution in [1.82, 2.24) is 0 Å². The summed E-state index contributed by atoms with van der Waals surface area (Å²) < 4.78 is 6.30. The Hall–Kier alpha value is -1.56. The van der Waals surface area contributed by atoms with Gasteiger partial charge in [0, 0.05) is 5.69 Å².